The number of allylic oxidation sites excluding steroid dienone is 1. The summed E-state index contributed by atoms with van der Waals surface area (Å²) in [6.45, 7) is 18.6. The normalized spacial score (nSPS) is 53.8. The predicted molar refractivity (Wildman–Crippen MR) is 159 cm³/mol. The third-order valence-electron chi connectivity index (χ3n) is 13.3. The van der Waals surface area contributed by atoms with E-state index >= 15 is 0 Å². The van der Waals surface area contributed by atoms with Crippen LogP contribution in [0.5, 0.6) is 0 Å². The first-order valence-corrected chi connectivity index (χ1v) is 16.8. The molecule has 0 amide bonds. The van der Waals surface area contributed by atoms with Gasteiger partial charge in [0.25, 0.3) is 0 Å². The molecular weight excluding hydrogens is 532 g/mol. The number of fused-ring (bicyclic) bond motifs is 6. The second kappa shape index (κ2) is 9.59. The minimum Gasteiger partial charge on any atom is -0.390 e. The molecule has 2 N–H and O–H groups in total. The van der Waals surface area contributed by atoms with E-state index in [0.29, 0.717) is 25.7 Å². The first kappa shape index (κ1) is 31.2. The molecule has 6 aliphatic rings. The van der Waals surface area contributed by atoms with Gasteiger partial charge >= 0.3 is 0 Å². The monoisotopic (exact) mass is 588 g/mol. The van der Waals surface area contributed by atoms with E-state index in [1.54, 1.807) is 0 Å². The molecule has 0 aromatic heterocycles. The first-order valence-electron chi connectivity index (χ1n) is 16.8. The Hall–Kier alpha value is -0.830. The third-order valence-corrected chi connectivity index (χ3v) is 13.3. The molecule has 0 bridgehead atoms. The van der Waals surface area contributed by atoms with Crippen molar-refractivity contribution in [3.63, 3.8) is 0 Å². The minimum absolute atomic E-state index is 0.0196. The Morgan fingerprint density at radius 3 is 2.24 bits per heavy atom. The van der Waals surface area contributed by atoms with E-state index in [1.807, 2.05) is 33.8 Å². The zero-order valence-corrected chi connectivity index (χ0v) is 27.5. The van der Waals surface area contributed by atoms with Gasteiger partial charge in [0, 0.05) is 11.3 Å². The molecular formula is C35H56O7. The lowest BCUT2D eigenvalue weighted by Crippen LogP contribution is -2.62. The van der Waals surface area contributed by atoms with Gasteiger partial charge in [0.05, 0.1) is 35.1 Å². The molecule has 2 heterocycles. The zero-order chi connectivity index (χ0) is 30.7. The summed E-state index contributed by atoms with van der Waals surface area (Å²) in [7, 11) is 0. The molecule has 3 saturated carbocycles. The Kier molecular flexibility index (Phi) is 7.12. The molecule has 7 heteroatoms. The molecule has 12 atom stereocenters. The van der Waals surface area contributed by atoms with Crippen LogP contribution >= 0.6 is 0 Å². The Bertz CT molecular complexity index is 1140. The van der Waals surface area contributed by atoms with Crippen LogP contribution in [-0.4, -0.2) is 62.7 Å². The van der Waals surface area contributed by atoms with Gasteiger partial charge in [0.2, 0.25) is 0 Å². The van der Waals surface area contributed by atoms with Gasteiger partial charge < -0.3 is 29.2 Å². The maximum absolute atomic E-state index is 13.9. The van der Waals surface area contributed by atoms with Gasteiger partial charge in [-0.15, -0.1) is 0 Å². The molecule has 0 spiro atoms. The van der Waals surface area contributed by atoms with E-state index in [9.17, 15) is 15.0 Å². The fourth-order valence-electron chi connectivity index (χ4n) is 10.6. The van der Waals surface area contributed by atoms with Crippen LogP contribution in [0.3, 0.4) is 0 Å². The maximum Gasteiger partial charge on any atom is 0.166 e. The second-order valence-electron chi connectivity index (χ2n) is 16.5. The number of rotatable bonds is 6. The molecule has 2 saturated heterocycles. The average molecular weight is 589 g/mol. The van der Waals surface area contributed by atoms with Crippen molar-refractivity contribution >= 4 is 5.78 Å². The molecule has 0 radical (unpaired) electrons. The molecule has 2 aliphatic heterocycles. The van der Waals surface area contributed by atoms with E-state index in [2.05, 4.69) is 34.6 Å². The molecule has 12 unspecified atom stereocenters. The Morgan fingerprint density at radius 1 is 0.929 bits per heavy atom. The highest BCUT2D eigenvalue weighted by atomic mass is 16.8. The second-order valence-corrected chi connectivity index (χ2v) is 16.5. The van der Waals surface area contributed by atoms with Gasteiger partial charge in [-0.3, -0.25) is 4.79 Å². The van der Waals surface area contributed by atoms with E-state index in [-0.39, 0.29) is 47.3 Å². The van der Waals surface area contributed by atoms with Gasteiger partial charge in [0.15, 0.2) is 17.4 Å². The molecule has 4 aliphatic carbocycles. The van der Waals surface area contributed by atoms with E-state index in [4.69, 9.17) is 18.9 Å². The van der Waals surface area contributed by atoms with Gasteiger partial charge in [-0.05, 0) is 128 Å². The van der Waals surface area contributed by atoms with Crippen LogP contribution in [0.15, 0.2) is 11.6 Å². The number of hydrogen-bond acceptors (Lipinski definition) is 7. The third kappa shape index (κ3) is 4.38. The summed E-state index contributed by atoms with van der Waals surface area (Å²) in [5, 5.41) is 23.4. The quantitative estimate of drug-likeness (QED) is 0.380. The zero-order valence-electron chi connectivity index (χ0n) is 27.5. The predicted octanol–water partition coefficient (Wildman–Crippen LogP) is 6.23. The van der Waals surface area contributed by atoms with Crippen LogP contribution in [0.25, 0.3) is 0 Å². The lowest BCUT2D eigenvalue weighted by molar-refractivity contribution is -0.200. The standard InChI is InChI=1S/C35H56O7/c1-10-32(7)39-25-19-23-24(36)18-22-21(30(23,5)20-26(25)40-32)12-16-31(6)27(13-17-35(22,31)38)34(9)28(14-15-29(3,4)37)41-33(8,11-2)42-34/h18,21,23,25-28,37-38H,10-17,19-20H2,1-9H3. The van der Waals surface area contributed by atoms with Crippen LogP contribution in [-0.2, 0) is 23.7 Å². The molecule has 6 rings (SSSR count). The highest BCUT2D eigenvalue weighted by Crippen LogP contribution is 2.70. The van der Waals surface area contributed by atoms with Crippen LogP contribution in [0.2, 0.25) is 0 Å². The molecule has 5 fully saturated rings. The van der Waals surface area contributed by atoms with Crippen LogP contribution in [0.1, 0.15) is 127 Å². The molecule has 7 nitrogen and oxygen atoms in total. The number of aliphatic hydroxyl groups is 2. The molecule has 238 valence electrons. The lowest BCUT2D eigenvalue weighted by atomic mass is 9.45. The summed E-state index contributed by atoms with van der Waals surface area (Å²) in [5.74, 6) is -1.08. The van der Waals surface area contributed by atoms with Crippen molar-refractivity contribution in [2.75, 3.05) is 0 Å². The highest BCUT2D eigenvalue weighted by molar-refractivity contribution is 5.95. The number of ether oxygens (including phenoxy) is 4. The van der Waals surface area contributed by atoms with Gasteiger partial charge in [-0.1, -0.05) is 27.7 Å². The van der Waals surface area contributed by atoms with Gasteiger partial charge in [-0.25, -0.2) is 0 Å². The summed E-state index contributed by atoms with van der Waals surface area (Å²) in [6.07, 6.45) is 9.08. The Morgan fingerprint density at radius 2 is 1.60 bits per heavy atom. The molecule has 0 aromatic carbocycles. The van der Waals surface area contributed by atoms with Crippen LogP contribution in [0.4, 0.5) is 0 Å². The number of carbonyl (C=O) groups excluding carboxylic acids is 1. The summed E-state index contributed by atoms with van der Waals surface area (Å²) >= 11 is 0. The van der Waals surface area contributed by atoms with Crippen molar-refractivity contribution in [2.24, 2.45) is 28.6 Å². The first-order chi connectivity index (χ1) is 19.4. The minimum atomic E-state index is -1.08. The van der Waals surface area contributed by atoms with Crippen LogP contribution < -0.4 is 0 Å². The van der Waals surface area contributed by atoms with Crippen LogP contribution in [0, 0.1) is 28.6 Å². The number of carbonyl (C=O) groups is 1. The van der Waals surface area contributed by atoms with Crippen molar-refractivity contribution in [3.05, 3.63) is 11.6 Å². The van der Waals surface area contributed by atoms with Gasteiger partial charge in [-0.2, -0.15) is 0 Å². The maximum atomic E-state index is 13.9. The topological polar surface area (TPSA) is 94.5 Å². The highest BCUT2D eigenvalue weighted by Gasteiger charge is 2.72. The van der Waals surface area contributed by atoms with E-state index in [0.717, 1.165) is 44.1 Å². The Balaban J connectivity index is 1.33. The SMILES string of the molecule is CCC1(C)OC2CC3C(=O)C=C4C(CCC5(C)C(C6(C)OC(C)(CC)OC6CCC(C)(C)O)CCC45O)C3(C)CC2O1. The lowest BCUT2D eigenvalue weighted by Gasteiger charge is -2.60. The number of hydrogen-bond donors (Lipinski definition) is 2. The fourth-order valence-corrected chi connectivity index (χ4v) is 10.6. The summed E-state index contributed by atoms with van der Waals surface area (Å²) < 4.78 is 26.4. The average Bonchev–Trinajstić information content (AvgIpc) is 3.47. The van der Waals surface area contributed by atoms with E-state index in [1.165, 1.54) is 0 Å². The summed E-state index contributed by atoms with van der Waals surface area (Å²) in [6, 6.07) is 0. The molecule has 42 heavy (non-hydrogen) atoms. The van der Waals surface area contributed by atoms with Crippen molar-refractivity contribution < 1.29 is 34.0 Å². The van der Waals surface area contributed by atoms with Crippen molar-refractivity contribution in [1.29, 1.82) is 0 Å². The number of ketones is 1. The van der Waals surface area contributed by atoms with Crippen molar-refractivity contribution in [1.82, 2.24) is 0 Å². The largest absolute Gasteiger partial charge is 0.390 e. The van der Waals surface area contributed by atoms with Crippen molar-refractivity contribution in [2.45, 2.75) is 173 Å². The van der Waals surface area contributed by atoms with Gasteiger partial charge in [0.1, 0.15) is 0 Å². The summed E-state index contributed by atoms with van der Waals surface area (Å²) in [5.41, 5.74) is -2.28. The fraction of sp³-hybridized carbons (Fsp3) is 0.914. The van der Waals surface area contributed by atoms with Crippen molar-refractivity contribution in [3.8, 4) is 0 Å². The Labute approximate surface area is 253 Å². The summed E-state index contributed by atoms with van der Waals surface area (Å²) in [4.78, 5) is 13.9. The smallest absolute Gasteiger partial charge is 0.166 e. The van der Waals surface area contributed by atoms with E-state index < -0.39 is 33.8 Å². The molecule has 0 aromatic rings.